The van der Waals surface area contributed by atoms with Crippen molar-refractivity contribution in [3.63, 3.8) is 0 Å². The van der Waals surface area contributed by atoms with E-state index in [0.29, 0.717) is 38.2 Å². The molecule has 41 heavy (non-hydrogen) atoms. The van der Waals surface area contributed by atoms with Crippen molar-refractivity contribution in [2.24, 2.45) is 4.99 Å². The van der Waals surface area contributed by atoms with Gasteiger partial charge in [0.1, 0.15) is 11.9 Å². The molecule has 0 bridgehead atoms. The van der Waals surface area contributed by atoms with E-state index in [1.807, 2.05) is 60.4 Å². The number of para-hydroxylation sites is 1. The van der Waals surface area contributed by atoms with Crippen LogP contribution >= 0.6 is 11.8 Å². The van der Waals surface area contributed by atoms with Gasteiger partial charge in [0.05, 0.1) is 11.3 Å². The van der Waals surface area contributed by atoms with Gasteiger partial charge in [0.25, 0.3) is 5.91 Å². The van der Waals surface area contributed by atoms with Crippen LogP contribution in [-0.2, 0) is 11.2 Å². The highest BCUT2D eigenvalue weighted by molar-refractivity contribution is 7.99. The number of hydrogen-bond acceptors (Lipinski definition) is 6. The average Bonchev–Trinajstić information content (AvgIpc) is 3.18. The molecule has 1 atom stereocenters. The summed E-state index contributed by atoms with van der Waals surface area (Å²) in [6.07, 6.45) is 1.97. The number of nitrogens with zero attached hydrogens (tertiary/aromatic N) is 4. The summed E-state index contributed by atoms with van der Waals surface area (Å²) in [4.78, 5) is 42.8. The van der Waals surface area contributed by atoms with Gasteiger partial charge in [-0.1, -0.05) is 72.4 Å². The fourth-order valence-electron chi connectivity index (χ4n) is 5.16. The van der Waals surface area contributed by atoms with Crippen molar-refractivity contribution < 1.29 is 9.59 Å². The molecule has 0 radical (unpaired) electrons. The number of piperazine rings is 1. The van der Waals surface area contributed by atoms with E-state index >= 15 is 0 Å². The molecular weight excluding hydrogens is 530 g/mol. The molecule has 1 aromatic heterocycles. The molecule has 1 unspecified atom stereocenters. The lowest BCUT2D eigenvalue weighted by Gasteiger charge is -2.38. The number of nitrogens with one attached hydrogen (secondary N) is 1. The van der Waals surface area contributed by atoms with Crippen molar-refractivity contribution in [3.05, 3.63) is 120 Å². The quantitative estimate of drug-likeness (QED) is 0.366. The van der Waals surface area contributed by atoms with E-state index in [2.05, 4.69) is 45.5 Å². The van der Waals surface area contributed by atoms with Gasteiger partial charge in [-0.25, -0.2) is 4.99 Å². The largest absolute Gasteiger partial charge is 0.353 e. The van der Waals surface area contributed by atoms with E-state index in [4.69, 9.17) is 4.99 Å². The highest BCUT2D eigenvalue weighted by Gasteiger charge is 2.31. The Balaban J connectivity index is 1.20. The smallest absolute Gasteiger partial charge is 0.253 e. The Morgan fingerprint density at radius 1 is 0.854 bits per heavy atom. The molecule has 0 spiro atoms. The summed E-state index contributed by atoms with van der Waals surface area (Å²) in [5.41, 5.74) is 4.33. The van der Waals surface area contributed by atoms with Gasteiger partial charge >= 0.3 is 0 Å². The van der Waals surface area contributed by atoms with Gasteiger partial charge in [0, 0.05) is 59.8 Å². The first-order valence-corrected chi connectivity index (χ1v) is 14.6. The summed E-state index contributed by atoms with van der Waals surface area (Å²) in [5, 5.41) is 2.99. The number of aromatic nitrogens is 1. The van der Waals surface area contributed by atoms with Gasteiger partial charge in [-0.15, -0.1) is 0 Å². The minimum Gasteiger partial charge on any atom is -0.353 e. The summed E-state index contributed by atoms with van der Waals surface area (Å²) in [6, 6.07) is 29.2. The number of amidine groups is 1. The molecule has 0 saturated carbocycles. The second kappa shape index (κ2) is 12.0. The maximum atomic E-state index is 13.9. The van der Waals surface area contributed by atoms with E-state index in [-0.39, 0.29) is 11.8 Å². The zero-order valence-electron chi connectivity index (χ0n) is 22.9. The number of hydrogen-bond donors (Lipinski definition) is 1. The number of pyridine rings is 1. The lowest BCUT2D eigenvalue weighted by Crippen LogP contribution is -2.56. The molecule has 1 saturated heterocycles. The van der Waals surface area contributed by atoms with E-state index in [9.17, 15) is 9.59 Å². The van der Waals surface area contributed by atoms with E-state index in [0.717, 1.165) is 33.2 Å². The third kappa shape index (κ3) is 6.02. The molecule has 2 aliphatic heterocycles. The van der Waals surface area contributed by atoms with Crippen LogP contribution in [0.5, 0.6) is 0 Å². The van der Waals surface area contributed by atoms with Crippen LogP contribution in [-0.4, -0.2) is 64.7 Å². The average molecular weight is 562 g/mol. The molecular formula is C33H31N5O2S. The summed E-state index contributed by atoms with van der Waals surface area (Å²) in [6.45, 7) is 4.27. The van der Waals surface area contributed by atoms with Crippen LogP contribution in [0.15, 0.2) is 112 Å². The number of aryl methyl sites for hydroxylation is 1. The lowest BCUT2D eigenvalue weighted by atomic mass is 10.0. The zero-order valence-corrected chi connectivity index (χ0v) is 23.7. The minimum absolute atomic E-state index is 0.0777. The normalized spacial score (nSPS) is 15.2. The topological polar surface area (TPSA) is 77.9 Å². The Bertz CT molecular complexity index is 1580. The van der Waals surface area contributed by atoms with Crippen LogP contribution in [0.4, 0.5) is 5.69 Å². The monoisotopic (exact) mass is 561 g/mol. The van der Waals surface area contributed by atoms with Crippen LogP contribution in [0.3, 0.4) is 0 Å². The van der Waals surface area contributed by atoms with E-state index in [1.165, 1.54) is 4.90 Å². The number of amides is 2. The molecule has 6 rings (SSSR count). The van der Waals surface area contributed by atoms with Gasteiger partial charge in [-0.3, -0.25) is 14.6 Å². The maximum absolute atomic E-state index is 13.9. The molecule has 7 nitrogen and oxygen atoms in total. The van der Waals surface area contributed by atoms with Gasteiger partial charge in [-0.2, -0.15) is 0 Å². The van der Waals surface area contributed by atoms with Crippen LogP contribution in [0, 0.1) is 6.92 Å². The standard InChI is InChI=1S/C33H31N5O2S/c1-23-15-16-25(22-34-23)32(39)36-28(21-24-9-3-2-4-10-24)33(40)38-19-17-37(18-20-38)31-26-11-5-7-13-29(26)41-30-14-8-6-12-27(30)35-31/h2-16,22,28H,17-21H2,1H3,(H,36,39). The zero-order chi connectivity index (χ0) is 28.2. The molecule has 2 amide bonds. The first-order chi connectivity index (χ1) is 20.0. The fourth-order valence-corrected chi connectivity index (χ4v) is 6.18. The van der Waals surface area contributed by atoms with Crippen LogP contribution < -0.4 is 5.32 Å². The summed E-state index contributed by atoms with van der Waals surface area (Å²) >= 11 is 1.74. The van der Waals surface area contributed by atoms with Crippen molar-refractivity contribution in [2.75, 3.05) is 26.2 Å². The molecule has 206 valence electrons. The lowest BCUT2D eigenvalue weighted by molar-refractivity contribution is -0.134. The molecule has 4 aromatic rings. The van der Waals surface area contributed by atoms with Crippen molar-refractivity contribution in [1.29, 1.82) is 0 Å². The van der Waals surface area contributed by atoms with E-state index < -0.39 is 6.04 Å². The Labute approximate surface area is 244 Å². The molecule has 3 heterocycles. The van der Waals surface area contributed by atoms with Crippen LogP contribution in [0.1, 0.15) is 27.2 Å². The molecule has 0 aliphatic carbocycles. The molecule has 8 heteroatoms. The SMILES string of the molecule is Cc1ccc(C(=O)NC(Cc2ccccc2)C(=O)N2CCN(C3=Nc4ccccc4Sc4ccccc43)CC2)cn1. The van der Waals surface area contributed by atoms with Gasteiger partial charge in [0.2, 0.25) is 5.91 Å². The molecule has 1 N–H and O–H groups in total. The number of carbonyl (C=O) groups excluding carboxylic acids is 2. The predicted molar refractivity (Wildman–Crippen MR) is 162 cm³/mol. The number of fused-ring (bicyclic) bond motifs is 2. The first-order valence-electron chi connectivity index (χ1n) is 13.8. The van der Waals surface area contributed by atoms with E-state index in [1.54, 1.807) is 30.1 Å². The highest BCUT2D eigenvalue weighted by atomic mass is 32.2. The number of benzene rings is 3. The molecule has 1 fully saturated rings. The van der Waals surface area contributed by atoms with Crippen molar-refractivity contribution in [3.8, 4) is 0 Å². The third-order valence-corrected chi connectivity index (χ3v) is 8.53. The second-order valence-corrected chi connectivity index (χ2v) is 11.3. The predicted octanol–water partition coefficient (Wildman–Crippen LogP) is 5.12. The maximum Gasteiger partial charge on any atom is 0.253 e. The van der Waals surface area contributed by atoms with Gasteiger partial charge in [-0.05, 0) is 42.8 Å². The Morgan fingerprint density at radius 2 is 1.56 bits per heavy atom. The minimum atomic E-state index is -0.683. The Morgan fingerprint density at radius 3 is 2.32 bits per heavy atom. The van der Waals surface area contributed by atoms with Crippen LogP contribution in [0.25, 0.3) is 0 Å². The summed E-state index contributed by atoms with van der Waals surface area (Å²) < 4.78 is 0. The van der Waals surface area contributed by atoms with Gasteiger partial charge < -0.3 is 15.1 Å². The molecule has 2 aliphatic rings. The summed E-state index contributed by atoms with van der Waals surface area (Å²) in [7, 11) is 0. The number of rotatable bonds is 5. The second-order valence-electron chi connectivity index (χ2n) is 10.2. The summed E-state index contributed by atoms with van der Waals surface area (Å²) in [5.74, 6) is 0.559. The molecule has 3 aromatic carbocycles. The van der Waals surface area contributed by atoms with Gasteiger partial charge in [0.15, 0.2) is 0 Å². The van der Waals surface area contributed by atoms with Crippen molar-refractivity contribution >= 4 is 35.1 Å². The Hall–Kier alpha value is -4.43. The Kier molecular flexibility index (Phi) is 7.82. The highest BCUT2D eigenvalue weighted by Crippen LogP contribution is 2.40. The first kappa shape index (κ1) is 26.8. The van der Waals surface area contributed by atoms with Crippen molar-refractivity contribution in [1.82, 2.24) is 20.1 Å². The fraction of sp³-hybridized carbons (Fsp3) is 0.212. The third-order valence-electron chi connectivity index (χ3n) is 7.39. The van der Waals surface area contributed by atoms with Crippen LogP contribution in [0.2, 0.25) is 0 Å². The number of carbonyl (C=O) groups is 2. The number of aliphatic imine (C=N–C) groups is 1. The van der Waals surface area contributed by atoms with Crippen molar-refractivity contribution in [2.45, 2.75) is 29.2 Å².